The maximum atomic E-state index is 13.4. The molecular weight excluding hydrogens is 613 g/mol. The summed E-state index contributed by atoms with van der Waals surface area (Å²) in [4.78, 5) is 30.4. The Kier molecular flexibility index (Phi) is 11.0. The molecule has 10 heteroatoms. The smallest absolute Gasteiger partial charge is 0.230 e. The summed E-state index contributed by atoms with van der Waals surface area (Å²) in [5, 5.41) is 10.7. The maximum absolute atomic E-state index is 13.4. The second kappa shape index (κ2) is 15.1. The number of hydrogen-bond donors (Lipinski definition) is 0. The van der Waals surface area contributed by atoms with E-state index in [-0.39, 0.29) is 23.8 Å². The van der Waals surface area contributed by atoms with Crippen molar-refractivity contribution < 1.29 is 9.59 Å². The van der Waals surface area contributed by atoms with E-state index in [1.165, 1.54) is 0 Å². The Balaban J connectivity index is 1.17. The number of aromatic nitrogens is 3. The van der Waals surface area contributed by atoms with Gasteiger partial charge in [-0.15, -0.1) is 10.2 Å². The summed E-state index contributed by atoms with van der Waals surface area (Å²) in [6.45, 7) is 5.75. The molecule has 1 aliphatic heterocycles. The van der Waals surface area contributed by atoms with Gasteiger partial charge in [-0.3, -0.25) is 14.2 Å². The van der Waals surface area contributed by atoms with Crippen molar-refractivity contribution in [1.29, 1.82) is 0 Å². The zero-order valence-corrected chi connectivity index (χ0v) is 27.4. The summed E-state index contributed by atoms with van der Waals surface area (Å²) in [5.41, 5.74) is 3.02. The van der Waals surface area contributed by atoms with Gasteiger partial charge in [0.2, 0.25) is 11.8 Å². The van der Waals surface area contributed by atoms with Gasteiger partial charge >= 0.3 is 0 Å². The van der Waals surface area contributed by atoms with Crippen molar-refractivity contribution in [3.05, 3.63) is 106 Å². The maximum Gasteiger partial charge on any atom is 0.230 e. The van der Waals surface area contributed by atoms with E-state index >= 15 is 0 Å². The Hall–Kier alpha value is -3.33. The van der Waals surface area contributed by atoms with E-state index in [1.54, 1.807) is 17.8 Å². The molecule has 0 spiro atoms. The average molecular weight is 651 g/mol. The lowest BCUT2D eigenvalue weighted by Crippen LogP contribution is -2.56. The van der Waals surface area contributed by atoms with Crippen LogP contribution in [-0.2, 0) is 16.0 Å². The van der Waals surface area contributed by atoms with Crippen LogP contribution in [0.5, 0.6) is 0 Å². The fraction of sp³-hybridized carbons (Fsp3) is 0.353. The molecule has 7 nitrogen and oxygen atoms in total. The van der Waals surface area contributed by atoms with E-state index in [0.717, 1.165) is 34.2 Å². The number of nitrogens with zero attached hydrogens (tertiary/aromatic N) is 5. The average Bonchev–Trinajstić information content (AvgIpc) is 3.43. The Labute approximate surface area is 273 Å². The van der Waals surface area contributed by atoms with Crippen LogP contribution in [0.4, 0.5) is 0 Å². The molecule has 0 N–H and O–H groups in total. The van der Waals surface area contributed by atoms with Gasteiger partial charge < -0.3 is 9.80 Å². The Morgan fingerprint density at radius 2 is 1.68 bits per heavy atom. The van der Waals surface area contributed by atoms with Crippen LogP contribution < -0.4 is 0 Å². The molecule has 1 aromatic heterocycles. The van der Waals surface area contributed by atoms with Crippen molar-refractivity contribution in [3.63, 3.8) is 0 Å². The molecule has 44 heavy (non-hydrogen) atoms. The monoisotopic (exact) mass is 649 g/mol. The molecule has 0 radical (unpaired) electrons. The molecule has 0 bridgehead atoms. The number of halogens is 2. The molecule has 2 unspecified atom stereocenters. The highest BCUT2D eigenvalue weighted by Gasteiger charge is 2.33. The van der Waals surface area contributed by atoms with Crippen molar-refractivity contribution in [3.8, 4) is 5.69 Å². The molecule has 2 amide bonds. The first-order valence-electron chi connectivity index (χ1n) is 15.0. The molecule has 230 valence electrons. The number of rotatable bonds is 11. The molecule has 2 heterocycles. The molecule has 1 aliphatic rings. The lowest BCUT2D eigenvalue weighted by molar-refractivity contribution is -0.143. The third kappa shape index (κ3) is 7.65. The molecule has 1 saturated heterocycles. The van der Waals surface area contributed by atoms with E-state index in [9.17, 15) is 9.59 Å². The Morgan fingerprint density at radius 3 is 2.36 bits per heavy atom. The SMILES string of the molecule is CCC(C(=O)N1CCN(C(=O)CCCSc2nnc(Cc3ccccc3)n2-c2ccc(Cl)c(Cl)c2)CC1C)c1ccccc1. The first-order valence-corrected chi connectivity index (χ1v) is 16.8. The number of carbonyl (C=O) groups is 2. The quantitative estimate of drug-likeness (QED) is 0.126. The summed E-state index contributed by atoms with van der Waals surface area (Å²) < 4.78 is 2.01. The van der Waals surface area contributed by atoms with E-state index in [1.807, 2.05) is 82.0 Å². The lowest BCUT2D eigenvalue weighted by atomic mass is 9.94. The van der Waals surface area contributed by atoms with Gasteiger partial charge in [-0.1, -0.05) is 103 Å². The van der Waals surface area contributed by atoms with E-state index < -0.39 is 0 Å². The molecule has 3 aromatic carbocycles. The summed E-state index contributed by atoms with van der Waals surface area (Å²) in [6, 6.07) is 25.6. The summed E-state index contributed by atoms with van der Waals surface area (Å²) in [5.74, 6) is 1.62. The minimum absolute atomic E-state index is 0.0277. The number of hydrogen-bond acceptors (Lipinski definition) is 5. The zero-order chi connectivity index (χ0) is 31.1. The van der Waals surface area contributed by atoms with Crippen molar-refractivity contribution in [2.45, 2.75) is 56.6 Å². The van der Waals surface area contributed by atoms with Crippen LogP contribution in [0.2, 0.25) is 10.0 Å². The van der Waals surface area contributed by atoms with Crippen molar-refractivity contribution in [1.82, 2.24) is 24.6 Å². The van der Waals surface area contributed by atoms with Crippen molar-refractivity contribution in [2.75, 3.05) is 25.4 Å². The third-order valence-corrected chi connectivity index (χ3v) is 9.76. The number of piperazine rings is 1. The van der Waals surface area contributed by atoms with Crippen LogP contribution in [0.3, 0.4) is 0 Å². The van der Waals surface area contributed by atoms with E-state index in [2.05, 4.69) is 29.3 Å². The summed E-state index contributed by atoms with van der Waals surface area (Å²) >= 11 is 14.1. The Morgan fingerprint density at radius 1 is 0.955 bits per heavy atom. The number of carbonyl (C=O) groups excluding carboxylic acids is 2. The molecule has 0 saturated carbocycles. The predicted molar refractivity (Wildman–Crippen MR) is 178 cm³/mol. The molecule has 0 aliphatic carbocycles. The highest BCUT2D eigenvalue weighted by molar-refractivity contribution is 7.99. The molecule has 2 atom stereocenters. The van der Waals surface area contributed by atoms with Crippen molar-refractivity contribution in [2.24, 2.45) is 0 Å². The van der Waals surface area contributed by atoms with Crippen LogP contribution in [0.1, 0.15) is 56.0 Å². The highest BCUT2D eigenvalue weighted by Crippen LogP contribution is 2.30. The van der Waals surface area contributed by atoms with Crippen molar-refractivity contribution >= 4 is 46.8 Å². The van der Waals surface area contributed by atoms with Gasteiger partial charge in [-0.05, 0) is 49.1 Å². The van der Waals surface area contributed by atoms with E-state index in [0.29, 0.717) is 54.7 Å². The predicted octanol–water partition coefficient (Wildman–Crippen LogP) is 7.29. The van der Waals surface area contributed by atoms with Crippen LogP contribution >= 0.6 is 35.0 Å². The first-order chi connectivity index (χ1) is 21.4. The summed E-state index contributed by atoms with van der Waals surface area (Å²) in [7, 11) is 0. The molecule has 5 rings (SSSR count). The minimum atomic E-state index is -0.155. The van der Waals surface area contributed by atoms with Crippen LogP contribution in [-0.4, -0.2) is 67.8 Å². The van der Waals surface area contributed by atoms with Crippen LogP contribution in [0.15, 0.2) is 84.0 Å². The van der Waals surface area contributed by atoms with Gasteiger partial charge in [0.25, 0.3) is 0 Å². The summed E-state index contributed by atoms with van der Waals surface area (Å²) in [6.07, 6.45) is 2.50. The second-order valence-electron chi connectivity index (χ2n) is 11.0. The van der Waals surface area contributed by atoms with Gasteiger partial charge in [-0.2, -0.15) is 0 Å². The molecule has 4 aromatic rings. The fourth-order valence-electron chi connectivity index (χ4n) is 5.67. The van der Waals surface area contributed by atoms with E-state index in [4.69, 9.17) is 23.2 Å². The molecule has 1 fully saturated rings. The standard InChI is InChI=1S/C34H37Cl2N5O2S/c1-3-28(26-13-8-5-9-14-26)33(43)40-19-18-39(23-24(40)2)32(42)15-10-20-44-34-38-37-31(21-25-11-6-4-7-12-25)41(34)27-16-17-29(35)30(36)22-27/h4-9,11-14,16-17,22,24,28H,3,10,15,18-21,23H2,1-2H3. The zero-order valence-electron chi connectivity index (χ0n) is 25.0. The number of amides is 2. The third-order valence-electron chi connectivity index (χ3n) is 8.00. The van der Waals surface area contributed by atoms with Crippen LogP contribution in [0, 0.1) is 0 Å². The fourth-order valence-corrected chi connectivity index (χ4v) is 6.87. The van der Waals surface area contributed by atoms with Gasteiger partial charge in [0.05, 0.1) is 21.7 Å². The largest absolute Gasteiger partial charge is 0.339 e. The van der Waals surface area contributed by atoms with Gasteiger partial charge in [-0.25, -0.2) is 0 Å². The lowest BCUT2D eigenvalue weighted by Gasteiger charge is -2.41. The topological polar surface area (TPSA) is 71.3 Å². The minimum Gasteiger partial charge on any atom is -0.339 e. The van der Waals surface area contributed by atoms with Crippen LogP contribution in [0.25, 0.3) is 5.69 Å². The number of benzene rings is 3. The molecular formula is C34H37Cl2N5O2S. The second-order valence-corrected chi connectivity index (χ2v) is 12.9. The van der Waals surface area contributed by atoms with Gasteiger partial charge in [0, 0.05) is 44.3 Å². The van der Waals surface area contributed by atoms with Gasteiger partial charge in [0.1, 0.15) is 5.82 Å². The first kappa shape index (κ1) is 32.1. The van der Waals surface area contributed by atoms with Gasteiger partial charge in [0.15, 0.2) is 5.16 Å². The number of thioether (sulfide) groups is 1. The Bertz CT molecular complexity index is 1570. The highest BCUT2D eigenvalue weighted by atomic mass is 35.5. The normalized spacial score (nSPS) is 15.8.